The first-order valence-electron chi connectivity index (χ1n) is 13.4. The number of nitrogens with one attached hydrogen (secondary N) is 1. The lowest BCUT2D eigenvalue weighted by Gasteiger charge is -2.41. The smallest absolute Gasteiger partial charge is 0.247 e. The number of alkyl halides is 1. The van der Waals surface area contributed by atoms with Crippen molar-refractivity contribution in [3.63, 3.8) is 0 Å². The number of pyridine rings is 1. The molecule has 0 bridgehead atoms. The number of benzene rings is 1. The fraction of sp³-hybridized carbons (Fsp3) is 0.556. The Balaban J connectivity index is 1.36. The molecule has 39 heavy (non-hydrogen) atoms. The molecule has 0 saturated carbocycles. The summed E-state index contributed by atoms with van der Waals surface area (Å²) >= 11 is 0. The summed E-state index contributed by atoms with van der Waals surface area (Å²) < 4.78 is 43.7. The van der Waals surface area contributed by atoms with Crippen molar-refractivity contribution < 1.29 is 17.5 Å². The second-order valence-electron chi connectivity index (χ2n) is 10.7. The van der Waals surface area contributed by atoms with Gasteiger partial charge in [0.25, 0.3) is 0 Å². The summed E-state index contributed by atoms with van der Waals surface area (Å²) in [6, 6.07) is 6.27. The Morgan fingerprint density at radius 3 is 2.62 bits per heavy atom. The van der Waals surface area contributed by atoms with Crippen LogP contribution >= 0.6 is 0 Å². The Morgan fingerprint density at radius 2 is 1.92 bits per heavy atom. The Labute approximate surface area is 228 Å². The number of piperidine rings is 1. The molecule has 1 N–H and O–H groups in total. The van der Waals surface area contributed by atoms with E-state index in [1.165, 1.54) is 18.9 Å². The summed E-state index contributed by atoms with van der Waals surface area (Å²) in [7, 11) is -1.46. The van der Waals surface area contributed by atoms with Crippen LogP contribution in [0.1, 0.15) is 38.7 Å². The van der Waals surface area contributed by atoms with E-state index in [9.17, 15) is 12.8 Å². The Bertz CT molecular complexity index is 1430. The second-order valence-corrected chi connectivity index (χ2v) is 13.1. The number of anilines is 4. The van der Waals surface area contributed by atoms with E-state index in [0.717, 1.165) is 16.5 Å². The van der Waals surface area contributed by atoms with Crippen LogP contribution in [0.5, 0.6) is 0 Å². The van der Waals surface area contributed by atoms with Gasteiger partial charge in [-0.15, -0.1) is 5.10 Å². The third kappa shape index (κ3) is 5.91. The molecule has 2 aliphatic heterocycles. The SMILES string of the molecule is CCS(=O)(=O)CC1CN(c2ccc(C(C)C)c3cc(Nc4cnnc(N5CC[C@@H](OC)[C@@H](F)C5)n4)ncc23)C1. The van der Waals surface area contributed by atoms with E-state index in [4.69, 9.17) is 4.74 Å². The highest BCUT2D eigenvalue weighted by Gasteiger charge is 2.32. The van der Waals surface area contributed by atoms with Crippen molar-refractivity contribution in [3.05, 3.63) is 36.2 Å². The van der Waals surface area contributed by atoms with Gasteiger partial charge < -0.3 is 19.9 Å². The van der Waals surface area contributed by atoms with Crippen molar-refractivity contribution in [2.24, 2.45) is 5.92 Å². The van der Waals surface area contributed by atoms with Crippen molar-refractivity contribution >= 4 is 43.9 Å². The van der Waals surface area contributed by atoms with Crippen LogP contribution in [0.15, 0.2) is 30.6 Å². The van der Waals surface area contributed by atoms with Crippen LogP contribution in [0.2, 0.25) is 0 Å². The first kappa shape index (κ1) is 27.4. The van der Waals surface area contributed by atoms with Crippen LogP contribution in [0.3, 0.4) is 0 Å². The summed E-state index contributed by atoms with van der Waals surface area (Å²) in [6.45, 7) is 8.17. The number of nitrogens with zero attached hydrogens (tertiary/aromatic N) is 6. The highest BCUT2D eigenvalue weighted by Crippen LogP contribution is 2.37. The van der Waals surface area contributed by atoms with Crippen molar-refractivity contribution in [2.45, 2.75) is 45.4 Å². The minimum absolute atomic E-state index is 0.149. The number of hydrogen-bond acceptors (Lipinski definition) is 10. The number of rotatable bonds is 9. The van der Waals surface area contributed by atoms with Crippen LogP contribution in [-0.4, -0.2) is 85.7 Å². The molecule has 2 fully saturated rings. The average molecular weight is 558 g/mol. The predicted octanol–water partition coefficient (Wildman–Crippen LogP) is 3.72. The van der Waals surface area contributed by atoms with Gasteiger partial charge in [-0.3, -0.25) is 0 Å². The Hall–Kier alpha value is -3.12. The average Bonchev–Trinajstić information content (AvgIpc) is 2.90. The fourth-order valence-corrected chi connectivity index (χ4v) is 6.56. The second kappa shape index (κ2) is 11.2. The van der Waals surface area contributed by atoms with Gasteiger partial charge in [-0.05, 0) is 35.4 Å². The molecule has 210 valence electrons. The molecule has 0 spiro atoms. The van der Waals surface area contributed by atoms with E-state index in [-0.39, 0.29) is 24.0 Å². The standard InChI is InChI=1S/C27H36FN7O3S/c1-5-39(36,37)16-18-13-35(14-18)23-7-6-19(17(2)3)20-10-25(29-11-21(20)23)31-26-12-30-33-27(32-26)34-9-8-24(38-4)22(28)15-34/h6-7,10-12,17-18,22,24H,5,8-9,13-16H2,1-4H3,(H,29,31,32,33)/t22-,24+/m0/s1. The normalized spacial score (nSPS) is 20.5. The van der Waals surface area contributed by atoms with Crippen molar-refractivity contribution in [2.75, 3.05) is 59.9 Å². The van der Waals surface area contributed by atoms with Crippen LogP contribution in [0, 0.1) is 5.92 Å². The minimum Gasteiger partial charge on any atom is -0.378 e. The molecule has 12 heteroatoms. The van der Waals surface area contributed by atoms with E-state index in [2.05, 4.69) is 56.4 Å². The molecule has 4 heterocycles. The zero-order valence-electron chi connectivity index (χ0n) is 22.8. The highest BCUT2D eigenvalue weighted by atomic mass is 32.2. The maximum Gasteiger partial charge on any atom is 0.247 e. The molecular weight excluding hydrogens is 521 g/mol. The highest BCUT2D eigenvalue weighted by molar-refractivity contribution is 7.91. The molecule has 5 rings (SSSR count). The van der Waals surface area contributed by atoms with E-state index < -0.39 is 22.1 Å². The van der Waals surface area contributed by atoms with Crippen LogP contribution in [0.4, 0.5) is 27.7 Å². The number of ether oxygens (including phenoxy) is 1. The van der Waals surface area contributed by atoms with E-state index in [1.807, 2.05) is 12.3 Å². The van der Waals surface area contributed by atoms with Crippen LogP contribution < -0.4 is 15.1 Å². The van der Waals surface area contributed by atoms with E-state index in [0.29, 0.717) is 49.6 Å². The third-order valence-electron chi connectivity index (χ3n) is 7.63. The number of methoxy groups -OCH3 is 1. The molecular formula is C27H36FN7O3S. The van der Waals surface area contributed by atoms with Crippen LogP contribution in [-0.2, 0) is 14.6 Å². The molecule has 0 radical (unpaired) electrons. The summed E-state index contributed by atoms with van der Waals surface area (Å²) in [5.74, 6) is 2.32. The Kier molecular flexibility index (Phi) is 7.86. The van der Waals surface area contributed by atoms with Gasteiger partial charge in [-0.1, -0.05) is 26.8 Å². The number of aromatic nitrogens is 4. The minimum atomic E-state index is -2.99. The van der Waals surface area contributed by atoms with Gasteiger partial charge in [0.2, 0.25) is 5.95 Å². The van der Waals surface area contributed by atoms with Gasteiger partial charge >= 0.3 is 0 Å². The molecule has 3 aromatic rings. The summed E-state index contributed by atoms with van der Waals surface area (Å²) in [5, 5.41) is 13.5. The lowest BCUT2D eigenvalue weighted by Crippen LogP contribution is -2.49. The summed E-state index contributed by atoms with van der Waals surface area (Å²) in [5.41, 5.74) is 2.26. The van der Waals surface area contributed by atoms with Crippen LogP contribution in [0.25, 0.3) is 10.8 Å². The van der Waals surface area contributed by atoms with Gasteiger partial charge in [-0.2, -0.15) is 10.1 Å². The topological polar surface area (TPSA) is 113 Å². The third-order valence-corrected chi connectivity index (χ3v) is 9.49. The van der Waals surface area contributed by atoms with Gasteiger partial charge in [-0.25, -0.2) is 17.8 Å². The number of sulfone groups is 1. The van der Waals surface area contributed by atoms with Crippen molar-refractivity contribution in [1.29, 1.82) is 0 Å². The lowest BCUT2D eigenvalue weighted by molar-refractivity contribution is 0.0194. The van der Waals surface area contributed by atoms with Gasteiger partial charge in [0.15, 0.2) is 5.82 Å². The van der Waals surface area contributed by atoms with Gasteiger partial charge in [0, 0.05) is 55.7 Å². The molecule has 2 saturated heterocycles. The monoisotopic (exact) mass is 557 g/mol. The molecule has 0 aliphatic carbocycles. The van der Waals surface area contributed by atoms with Gasteiger partial charge in [0.1, 0.15) is 21.8 Å². The number of hydrogen-bond donors (Lipinski definition) is 1. The first-order valence-corrected chi connectivity index (χ1v) is 15.3. The maximum absolute atomic E-state index is 14.4. The predicted molar refractivity (Wildman–Crippen MR) is 151 cm³/mol. The molecule has 0 unspecified atom stereocenters. The molecule has 0 amide bonds. The first-order chi connectivity index (χ1) is 18.7. The quantitative estimate of drug-likeness (QED) is 0.418. The van der Waals surface area contributed by atoms with Crippen molar-refractivity contribution in [1.82, 2.24) is 20.2 Å². The van der Waals surface area contributed by atoms with E-state index >= 15 is 0 Å². The maximum atomic E-state index is 14.4. The summed E-state index contributed by atoms with van der Waals surface area (Å²) in [6.07, 6.45) is 2.40. The molecule has 1 aromatic carbocycles. The number of halogens is 1. The molecule has 2 atom stereocenters. The Morgan fingerprint density at radius 1 is 1.13 bits per heavy atom. The van der Waals surface area contributed by atoms with E-state index in [1.54, 1.807) is 11.8 Å². The number of fused-ring (bicyclic) bond motifs is 1. The zero-order chi connectivity index (χ0) is 27.7. The zero-order valence-corrected chi connectivity index (χ0v) is 23.7. The van der Waals surface area contributed by atoms with Gasteiger partial charge in [0.05, 0.1) is 24.6 Å². The molecule has 2 aliphatic rings. The lowest BCUT2D eigenvalue weighted by atomic mass is 9.93. The van der Waals surface area contributed by atoms with Crippen molar-refractivity contribution in [3.8, 4) is 0 Å². The molecule has 2 aromatic heterocycles. The summed E-state index contributed by atoms with van der Waals surface area (Å²) in [4.78, 5) is 13.2. The largest absolute Gasteiger partial charge is 0.378 e. The molecule has 10 nitrogen and oxygen atoms in total. The fourth-order valence-electron chi connectivity index (χ4n) is 5.39.